The third kappa shape index (κ3) is 2.45. The van der Waals surface area contributed by atoms with E-state index in [1.54, 1.807) is 12.2 Å². The molecule has 1 N–H and O–H groups in total. The Hall–Kier alpha value is -2.04. The Kier molecular flexibility index (Phi) is 3.81. The monoisotopic (exact) mass is 302 g/mol. The second-order valence-corrected chi connectivity index (χ2v) is 6.31. The van der Waals surface area contributed by atoms with Crippen LogP contribution in [0.25, 0.3) is 0 Å². The number of nitrogens with zero attached hydrogens (tertiary/aromatic N) is 2. The van der Waals surface area contributed by atoms with Gasteiger partial charge in [0.1, 0.15) is 5.92 Å². The highest BCUT2D eigenvalue weighted by Crippen LogP contribution is 2.31. The smallest absolute Gasteiger partial charge is 0.212 e. The number of Topliss-reactive ketones (excluding diaryl/α,β-unsaturated/α-hetero) is 2. The summed E-state index contributed by atoms with van der Waals surface area (Å²) < 4.78 is 0. The molecule has 0 aromatic rings. The van der Waals surface area contributed by atoms with Crippen molar-refractivity contribution in [2.75, 3.05) is 27.2 Å². The van der Waals surface area contributed by atoms with Crippen LogP contribution in [0.1, 0.15) is 25.7 Å². The van der Waals surface area contributed by atoms with E-state index in [0.717, 1.165) is 50.2 Å². The maximum atomic E-state index is 12.6. The van der Waals surface area contributed by atoms with E-state index in [1.807, 2.05) is 14.1 Å². The highest BCUT2D eigenvalue weighted by atomic mass is 16.3. The van der Waals surface area contributed by atoms with Crippen molar-refractivity contribution in [2.24, 2.45) is 5.92 Å². The van der Waals surface area contributed by atoms with Crippen LogP contribution in [0.4, 0.5) is 0 Å². The van der Waals surface area contributed by atoms with Crippen LogP contribution in [0.5, 0.6) is 0 Å². The van der Waals surface area contributed by atoms with Crippen molar-refractivity contribution in [2.45, 2.75) is 25.7 Å². The van der Waals surface area contributed by atoms with Gasteiger partial charge in [0.2, 0.25) is 5.78 Å². The summed E-state index contributed by atoms with van der Waals surface area (Å²) in [5, 5.41) is 10.1. The number of rotatable bonds is 2. The second-order valence-electron chi connectivity index (χ2n) is 6.31. The van der Waals surface area contributed by atoms with Gasteiger partial charge in [0.05, 0.1) is 5.57 Å². The van der Waals surface area contributed by atoms with Crippen LogP contribution >= 0.6 is 0 Å². The zero-order valence-electron chi connectivity index (χ0n) is 13.1. The predicted octanol–water partition coefficient (Wildman–Crippen LogP) is 1.79. The number of aliphatic hydroxyl groups excluding tert-OH is 1. The quantitative estimate of drug-likeness (QED) is 0.788. The van der Waals surface area contributed by atoms with Crippen LogP contribution in [0, 0.1) is 5.92 Å². The molecule has 0 spiro atoms. The number of carbonyl (C=O) groups excluding carboxylic acids is 2. The first-order valence-electron chi connectivity index (χ1n) is 7.84. The fourth-order valence-electron chi connectivity index (χ4n) is 3.39. The molecule has 3 aliphatic rings. The third-order valence-corrected chi connectivity index (χ3v) is 4.82. The van der Waals surface area contributed by atoms with E-state index in [4.69, 9.17) is 0 Å². The molecule has 22 heavy (non-hydrogen) atoms. The Morgan fingerprint density at radius 3 is 2.14 bits per heavy atom. The van der Waals surface area contributed by atoms with E-state index in [9.17, 15) is 14.7 Å². The van der Waals surface area contributed by atoms with Gasteiger partial charge >= 0.3 is 0 Å². The van der Waals surface area contributed by atoms with E-state index in [2.05, 4.69) is 9.80 Å². The van der Waals surface area contributed by atoms with Gasteiger partial charge in [0, 0.05) is 38.6 Å². The molecule has 2 aliphatic heterocycles. The van der Waals surface area contributed by atoms with Crippen LogP contribution in [0.3, 0.4) is 0 Å². The summed E-state index contributed by atoms with van der Waals surface area (Å²) in [5.41, 5.74) is 2.21. The fourth-order valence-corrected chi connectivity index (χ4v) is 3.39. The lowest BCUT2D eigenvalue weighted by molar-refractivity contribution is -0.125. The molecule has 0 aromatic heterocycles. The zero-order valence-corrected chi connectivity index (χ0v) is 13.1. The third-order valence-electron chi connectivity index (χ3n) is 4.82. The van der Waals surface area contributed by atoms with Gasteiger partial charge in [0.25, 0.3) is 0 Å². The molecule has 0 bridgehead atoms. The van der Waals surface area contributed by atoms with Gasteiger partial charge in [-0.2, -0.15) is 0 Å². The lowest BCUT2D eigenvalue weighted by Crippen LogP contribution is -2.19. The topological polar surface area (TPSA) is 60.9 Å². The Bertz CT molecular complexity index is 615. The van der Waals surface area contributed by atoms with Gasteiger partial charge in [-0.3, -0.25) is 9.59 Å². The van der Waals surface area contributed by atoms with Gasteiger partial charge in [-0.15, -0.1) is 0 Å². The van der Waals surface area contributed by atoms with Crippen molar-refractivity contribution in [1.82, 2.24) is 9.80 Å². The maximum Gasteiger partial charge on any atom is 0.212 e. The number of hydrogen-bond donors (Lipinski definition) is 1. The van der Waals surface area contributed by atoms with E-state index < -0.39 is 11.7 Å². The minimum Gasteiger partial charge on any atom is -0.504 e. The summed E-state index contributed by atoms with van der Waals surface area (Å²) >= 11 is 0. The molecule has 3 rings (SSSR count). The summed E-state index contributed by atoms with van der Waals surface area (Å²) in [6, 6.07) is 0. The lowest BCUT2D eigenvalue weighted by atomic mass is 10.00. The summed E-state index contributed by atoms with van der Waals surface area (Å²) in [5.74, 6) is -1.97. The second kappa shape index (κ2) is 5.63. The van der Waals surface area contributed by atoms with Crippen molar-refractivity contribution >= 4 is 11.6 Å². The Balaban J connectivity index is 1.87. The van der Waals surface area contributed by atoms with Crippen molar-refractivity contribution in [3.63, 3.8) is 0 Å². The molecule has 2 saturated heterocycles. The summed E-state index contributed by atoms with van der Waals surface area (Å²) in [6.45, 7) is 1.89. The van der Waals surface area contributed by atoms with Crippen molar-refractivity contribution in [3.05, 3.63) is 34.9 Å². The van der Waals surface area contributed by atoms with E-state index in [1.165, 1.54) is 0 Å². The number of hydrogen-bond acceptors (Lipinski definition) is 5. The summed E-state index contributed by atoms with van der Waals surface area (Å²) in [7, 11) is 3.93. The standard InChI is InChI=1S/C17H22N2O3/c1-18-7-3-5-11(18)9-13-15(20)14(17(22)16(13)21)10-12-6-4-8-19(12)2/h9-10,13,22H,3-8H2,1-2H3. The van der Waals surface area contributed by atoms with Crippen molar-refractivity contribution in [1.29, 1.82) is 0 Å². The number of allylic oxidation sites excluding steroid dienone is 6. The molecule has 1 unspecified atom stereocenters. The number of carbonyl (C=O) groups is 2. The normalized spacial score (nSPS) is 29.8. The predicted molar refractivity (Wildman–Crippen MR) is 83.1 cm³/mol. The van der Waals surface area contributed by atoms with Gasteiger partial charge in [-0.25, -0.2) is 0 Å². The largest absolute Gasteiger partial charge is 0.504 e. The molecule has 2 heterocycles. The van der Waals surface area contributed by atoms with Gasteiger partial charge in [-0.1, -0.05) is 0 Å². The SMILES string of the molecule is CN1CCCC1=CC1=C(O)C(=O)C(C=C2CCCN2C)C1=O. The minimum absolute atomic E-state index is 0.177. The number of aliphatic hydroxyl groups is 1. The van der Waals surface area contributed by atoms with Gasteiger partial charge in [0.15, 0.2) is 11.5 Å². The molecule has 5 nitrogen and oxygen atoms in total. The van der Waals surface area contributed by atoms with Crippen LogP contribution in [-0.2, 0) is 9.59 Å². The zero-order chi connectivity index (χ0) is 15.9. The molecule has 2 fully saturated rings. The Labute approximate surface area is 130 Å². The van der Waals surface area contributed by atoms with E-state index in [-0.39, 0.29) is 17.1 Å². The molecule has 118 valence electrons. The Morgan fingerprint density at radius 1 is 1.00 bits per heavy atom. The lowest BCUT2D eigenvalue weighted by Gasteiger charge is -2.14. The molecule has 0 saturated carbocycles. The summed E-state index contributed by atoms with van der Waals surface area (Å²) in [4.78, 5) is 28.9. The summed E-state index contributed by atoms with van der Waals surface area (Å²) in [6.07, 6.45) is 7.27. The van der Waals surface area contributed by atoms with Gasteiger partial charge in [-0.05, 0) is 37.8 Å². The van der Waals surface area contributed by atoms with Crippen molar-refractivity contribution < 1.29 is 14.7 Å². The van der Waals surface area contributed by atoms with Crippen LogP contribution in [-0.4, -0.2) is 53.7 Å². The molecule has 1 atom stereocenters. The molecular weight excluding hydrogens is 280 g/mol. The first kappa shape index (κ1) is 14.9. The molecule has 0 radical (unpaired) electrons. The molecule has 0 aromatic carbocycles. The number of ketones is 2. The van der Waals surface area contributed by atoms with Crippen LogP contribution in [0.2, 0.25) is 0 Å². The first-order valence-corrected chi connectivity index (χ1v) is 7.84. The molecule has 5 heteroatoms. The average molecular weight is 302 g/mol. The maximum absolute atomic E-state index is 12.6. The first-order chi connectivity index (χ1) is 10.5. The minimum atomic E-state index is -0.853. The van der Waals surface area contributed by atoms with E-state index >= 15 is 0 Å². The highest BCUT2D eigenvalue weighted by Gasteiger charge is 2.40. The van der Waals surface area contributed by atoms with Crippen LogP contribution < -0.4 is 0 Å². The molecule has 0 amide bonds. The van der Waals surface area contributed by atoms with Gasteiger partial charge < -0.3 is 14.9 Å². The van der Waals surface area contributed by atoms with E-state index in [0.29, 0.717) is 0 Å². The Morgan fingerprint density at radius 2 is 1.59 bits per heavy atom. The highest BCUT2D eigenvalue weighted by molar-refractivity contribution is 6.25. The molecular formula is C17H22N2O3. The molecule has 1 aliphatic carbocycles. The number of likely N-dealkylation sites (tertiary alicyclic amines) is 2. The van der Waals surface area contributed by atoms with Crippen molar-refractivity contribution in [3.8, 4) is 0 Å². The fraction of sp³-hybridized carbons (Fsp3) is 0.529. The average Bonchev–Trinajstić information content (AvgIpc) is 3.13. The van der Waals surface area contributed by atoms with Crippen LogP contribution in [0.15, 0.2) is 34.9 Å².